The van der Waals surface area contributed by atoms with E-state index in [-0.39, 0.29) is 18.4 Å². The van der Waals surface area contributed by atoms with Crippen LogP contribution >= 0.6 is 11.3 Å². The summed E-state index contributed by atoms with van der Waals surface area (Å²) in [6.07, 6.45) is 0.922. The molecule has 0 N–H and O–H groups in total. The number of anilines is 1. The van der Waals surface area contributed by atoms with Crippen LogP contribution in [-0.4, -0.2) is 39.9 Å². The fourth-order valence-corrected chi connectivity index (χ4v) is 4.76. The number of nitrogens with zero attached hydrogens (tertiary/aromatic N) is 4. The summed E-state index contributed by atoms with van der Waals surface area (Å²) >= 11 is 1.54. The SMILES string of the molecule is CCN(Cc1nc(-c2cccs2)no1)C(=O)CCCN1C(=O)c2cccc3cccc1c23. The van der Waals surface area contributed by atoms with Crippen molar-refractivity contribution in [2.45, 2.75) is 26.3 Å². The summed E-state index contributed by atoms with van der Waals surface area (Å²) in [5, 5.41) is 8.02. The summed E-state index contributed by atoms with van der Waals surface area (Å²) in [4.78, 5) is 34.5. The van der Waals surface area contributed by atoms with Crippen molar-refractivity contribution in [3.05, 3.63) is 65.4 Å². The Morgan fingerprint density at radius 1 is 1.16 bits per heavy atom. The fourth-order valence-electron chi connectivity index (χ4n) is 4.11. The molecule has 0 atom stereocenters. The fraction of sp³-hybridized carbons (Fsp3) is 0.250. The number of hydrogen-bond donors (Lipinski definition) is 0. The Kier molecular flexibility index (Phi) is 5.45. The molecule has 8 heteroatoms. The minimum atomic E-state index is 0.00330. The molecule has 1 aliphatic rings. The maximum atomic E-state index is 12.9. The topological polar surface area (TPSA) is 79.5 Å². The van der Waals surface area contributed by atoms with Crippen LogP contribution in [0.25, 0.3) is 21.5 Å². The van der Waals surface area contributed by atoms with Gasteiger partial charge >= 0.3 is 0 Å². The third kappa shape index (κ3) is 3.67. The van der Waals surface area contributed by atoms with Crippen LogP contribution in [0, 0.1) is 0 Å². The Hall–Kier alpha value is -3.52. The Morgan fingerprint density at radius 3 is 2.78 bits per heavy atom. The molecule has 7 nitrogen and oxygen atoms in total. The average Bonchev–Trinajstić information content (AvgIpc) is 3.55. The molecule has 2 amide bonds. The zero-order valence-electron chi connectivity index (χ0n) is 17.7. The summed E-state index contributed by atoms with van der Waals surface area (Å²) in [7, 11) is 0. The maximum absolute atomic E-state index is 12.9. The Balaban J connectivity index is 1.20. The molecule has 0 spiro atoms. The van der Waals surface area contributed by atoms with Gasteiger partial charge in [0.05, 0.1) is 17.1 Å². The number of carbonyl (C=O) groups excluding carboxylic acids is 2. The Labute approximate surface area is 189 Å². The first-order chi connectivity index (χ1) is 15.7. The van der Waals surface area contributed by atoms with Crippen LogP contribution in [0.4, 0.5) is 5.69 Å². The van der Waals surface area contributed by atoms with E-state index in [1.54, 1.807) is 9.80 Å². The molecule has 4 aromatic rings. The van der Waals surface area contributed by atoms with E-state index in [0.717, 1.165) is 26.9 Å². The van der Waals surface area contributed by atoms with Crippen molar-refractivity contribution >= 4 is 39.6 Å². The molecular weight excluding hydrogens is 424 g/mol. The highest BCUT2D eigenvalue weighted by atomic mass is 32.1. The number of amides is 2. The van der Waals surface area contributed by atoms with Crippen molar-refractivity contribution in [3.63, 3.8) is 0 Å². The van der Waals surface area contributed by atoms with E-state index in [9.17, 15) is 9.59 Å². The molecule has 2 aromatic carbocycles. The lowest BCUT2D eigenvalue weighted by molar-refractivity contribution is -0.132. The van der Waals surface area contributed by atoms with Crippen molar-refractivity contribution in [3.8, 4) is 10.7 Å². The van der Waals surface area contributed by atoms with Crippen LogP contribution in [-0.2, 0) is 11.3 Å². The molecule has 0 aliphatic carbocycles. The summed E-state index contributed by atoms with van der Waals surface area (Å²) in [6.45, 7) is 3.25. The lowest BCUT2D eigenvalue weighted by Gasteiger charge is -2.21. The smallest absolute Gasteiger partial charge is 0.258 e. The molecule has 0 saturated heterocycles. The third-order valence-electron chi connectivity index (χ3n) is 5.69. The van der Waals surface area contributed by atoms with Crippen molar-refractivity contribution in [1.29, 1.82) is 0 Å². The largest absolute Gasteiger partial charge is 0.337 e. The second-order valence-corrected chi connectivity index (χ2v) is 8.59. The van der Waals surface area contributed by atoms with E-state index >= 15 is 0 Å². The molecule has 0 bridgehead atoms. The minimum absolute atomic E-state index is 0.00330. The number of hydrogen-bond acceptors (Lipinski definition) is 6. The first kappa shape index (κ1) is 20.4. The predicted molar refractivity (Wildman–Crippen MR) is 124 cm³/mol. The van der Waals surface area contributed by atoms with Crippen molar-refractivity contribution in [2.24, 2.45) is 0 Å². The summed E-state index contributed by atoms with van der Waals surface area (Å²) in [6, 6.07) is 15.6. The number of rotatable bonds is 8. The number of aromatic nitrogens is 2. The lowest BCUT2D eigenvalue weighted by Crippen LogP contribution is -2.32. The van der Waals surface area contributed by atoms with Crippen LogP contribution < -0.4 is 4.90 Å². The molecule has 0 fully saturated rings. The summed E-state index contributed by atoms with van der Waals surface area (Å²) < 4.78 is 5.34. The van der Waals surface area contributed by atoms with Crippen LogP contribution in [0.3, 0.4) is 0 Å². The highest BCUT2D eigenvalue weighted by Crippen LogP contribution is 2.37. The van der Waals surface area contributed by atoms with Crippen LogP contribution in [0.15, 0.2) is 58.4 Å². The van der Waals surface area contributed by atoms with E-state index in [0.29, 0.717) is 37.6 Å². The number of carbonyl (C=O) groups is 2. The molecule has 2 aromatic heterocycles. The minimum Gasteiger partial charge on any atom is -0.337 e. The Bertz CT molecular complexity index is 1280. The van der Waals surface area contributed by atoms with E-state index < -0.39 is 0 Å². The first-order valence-corrected chi connectivity index (χ1v) is 11.5. The van der Waals surface area contributed by atoms with Gasteiger partial charge in [-0.2, -0.15) is 4.98 Å². The summed E-state index contributed by atoms with van der Waals surface area (Å²) in [5.41, 5.74) is 1.66. The quantitative estimate of drug-likeness (QED) is 0.391. The molecule has 32 heavy (non-hydrogen) atoms. The van der Waals surface area contributed by atoms with Gasteiger partial charge in [-0.3, -0.25) is 9.59 Å². The zero-order chi connectivity index (χ0) is 22.1. The molecule has 162 valence electrons. The van der Waals surface area contributed by atoms with E-state index in [1.165, 1.54) is 11.3 Å². The monoisotopic (exact) mass is 446 g/mol. The number of benzene rings is 2. The van der Waals surface area contributed by atoms with E-state index in [1.807, 2.05) is 60.8 Å². The van der Waals surface area contributed by atoms with Gasteiger partial charge in [-0.15, -0.1) is 11.3 Å². The van der Waals surface area contributed by atoms with Gasteiger partial charge in [0.15, 0.2) is 0 Å². The second-order valence-electron chi connectivity index (χ2n) is 7.64. The van der Waals surface area contributed by atoms with Gasteiger partial charge in [0.1, 0.15) is 0 Å². The average molecular weight is 447 g/mol. The van der Waals surface area contributed by atoms with Gasteiger partial charge in [-0.25, -0.2) is 0 Å². The van der Waals surface area contributed by atoms with Gasteiger partial charge in [-0.1, -0.05) is 35.5 Å². The van der Waals surface area contributed by atoms with Crippen molar-refractivity contribution in [1.82, 2.24) is 15.0 Å². The first-order valence-electron chi connectivity index (χ1n) is 10.6. The molecule has 5 rings (SSSR count). The van der Waals surface area contributed by atoms with Gasteiger partial charge in [-0.05, 0) is 42.3 Å². The third-order valence-corrected chi connectivity index (χ3v) is 6.56. The highest BCUT2D eigenvalue weighted by molar-refractivity contribution is 7.13. The van der Waals surface area contributed by atoms with E-state index in [4.69, 9.17) is 4.52 Å². The molecular formula is C24H22N4O3S. The van der Waals surface area contributed by atoms with Crippen LogP contribution in [0.5, 0.6) is 0 Å². The van der Waals surface area contributed by atoms with Gasteiger partial charge in [0.25, 0.3) is 5.91 Å². The predicted octanol–water partition coefficient (Wildman–Crippen LogP) is 4.74. The van der Waals surface area contributed by atoms with Gasteiger partial charge in [0.2, 0.25) is 17.6 Å². The lowest BCUT2D eigenvalue weighted by atomic mass is 10.1. The van der Waals surface area contributed by atoms with E-state index in [2.05, 4.69) is 10.1 Å². The van der Waals surface area contributed by atoms with Gasteiger partial charge < -0.3 is 14.3 Å². The molecule has 0 unspecified atom stereocenters. The molecule has 0 saturated carbocycles. The van der Waals surface area contributed by atoms with Crippen molar-refractivity contribution in [2.75, 3.05) is 18.0 Å². The molecule has 3 heterocycles. The molecule has 0 radical (unpaired) electrons. The number of thiophene rings is 1. The normalized spacial score (nSPS) is 12.7. The van der Waals surface area contributed by atoms with Crippen LogP contribution in [0.1, 0.15) is 36.0 Å². The molecule has 1 aliphatic heterocycles. The Morgan fingerprint density at radius 2 is 2.00 bits per heavy atom. The van der Waals surface area contributed by atoms with Crippen LogP contribution in [0.2, 0.25) is 0 Å². The summed E-state index contributed by atoms with van der Waals surface area (Å²) in [5.74, 6) is 0.967. The van der Waals surface area contributed by atoms with Gasteiger partial charge in [0, 0.05) is 30.5 Å². The van der Waals surface area contributed by atoms with Crippen molar-refractivity contribution < 1.29 is 14.1 Å². The standard InChI is InChI=1S/C24H22N4O3S/c1-2-27(15-20-25-23(26-31-20)19-11-6-14-32-19)21(29)12-5-13-28-18-10-4-8-16-7-3-9-17(22(16)18)24(28)30/h3-4,6-11,14H,2,5,12-13,15H2,1H3. The zero-order valence-corrected chi connectivity index (χ0v) is 18.5. The second kappa shape index (κ2) is 8.55. The highest BCUT2D eigenvalue weighted by Gasteiger charge is 2.29. The maximum Gasteiger partial charge on any atom is 0.258 e.